The van der Waals surface area contributed by atoms with Crippen LogP contribution in [0.4, 0.5) is 5.69 Å². The molecule has 2 aliphatic heterocycles. The van der Waals surface area contributed by atoms with E-state index in [2.05, 4.69) is 6.58 Å². The van der Waals surface area contributed by atoms with Gasteiger partial charge in [-0.3, -0.25) is 14.5 Å². The Morgan fingerprint density at radius 3 is 2.60 bits per heavy atom. The quantitative estimate of drug-likeness (QED) is 0.590. The van der Waals surface area contributed by atoms with Crippen LogP contribution < -0.4 is 10.6 Å². The minimum atomic E-state index is -1.08. The molecule has 0 aromatic heterocycles. The zero-order chi connectivity index (χ0) is 18.4. The third kappa shape index (κ3) is 2.52. The maximum atomic E-state index is 12.8. The van der Waals surface area contributed by atoms with Gasteiger partial charge in [0.1, 0.15) is 17.5 Å². The maximum absolute atomic E-state index is 12.8. The molecule has 4 atom stereocenters. The molecule has 2 heterocycles. The monoisotopic (exact) mass is 361 g/mol. The van der Waals surface area contributed by atoms with Gasteiger partial charge in [-0.15, -0.1) is 18.3 Å². The molecule has 1 aromatic carbocycles. The van der Waals surface area contributed by atoms with Crippen LogP contribution in [0.25, 0.3) is 0 Å². The highest BCUT2D eigenvalue weighted by Gasteiger charge is 2.66. The smallest absolute Gasteiger partial charge is 0.328 e. The third-order valence-corrected chi connectivity index (χ3v) is 6.27. The van der Waals surface area contributed by atoms with Crippen LogP contribution in [0.3, 0.4) is 0 Å². The number of rotatable bonds is 5. The van der Waals surface area contributed by atoms with E-state index >= 15 is 0 Å². The second-order valence-electron chi connectivity index (χ2n) is 6.13. The number of anilines is 1. The van der Waals surface area contributed by atoms with Crippen molar-refractivity contribution in [3.63, 3.8) is 0 Å². The van der Waals surface area contributed by atoms with Crippen LogP contribution in [0.15, 0.2) is 43.0 Å². The largest absolute Gasteiger partial charge is 0.480 e. The zero-order valence-electron chi connectivity index (χ0n) is 13.7. The van der Waals surface area contributed by atoms with Crippen LogP contribution in [0.5, 0.6) is 0 Å². The number of hydrogen-bond donors (Lipinski definition) is 2. The van der Waals surface area contributed by atoms with Crippen LogP contribution in [0, 0.1) is 0 Å². The van der Waals surface area contributed by atoms with Crippen LogP contribution in [-0.2, 0) is 14.4 Å². The first-order valence-electron chi connectivity index (χ1n) is 7.79. The summed E-state index contributed by atoms with van der Waals surface area (Å²) >= 11 is 1.33. The Hall–Kier alpha value is -2.32. The molecule has 0 bridgehead atoms. The summed E-state index contributed by atoms with van der Waals surface area (Å²) in [4.78, 5) is 39.6. The van der Waals surface area contributed by atoms with Crippen molar-refractivity contribution in [1.29, 1.82) is 0 Å². The summed E-state index contributed by atoms with van der Waals surface area (Å²) in [6.45, 7) is 5.23. The van der Waals surface area contributed by atoms with E-state index in [0.717, 1.165) is 0 Å². The molecule has 2 fully saturated rings. The minimum Gasteiger partial charge on any atom is -0.480 e. The lowest BCUT2D eigenvalue weighted by Gasteiger charge is -2.48. The molecule has 1 aromatic rings. The number of hydrogen-bond acceptors (Lipinski definition) is 5. The molecule has 3 rings (SSSR count). The second kappa shape index (κ2) is 6.20. The van der Waals surface area contributed by atoms with E-state index in [1.165, 1.54) is 21.6 Å². The Bertz CT molecular complexity index is 741. The topological polar surface area (TPSA) is 104 Å². The highest BCUT2D eigenvalue weighted by molar-refractivity contribution is 8.02. The first-order valence-corrected chi connectivity index (χ1v) is 8.67. The number of benzene rings is 1. The number of carboxylic acid groups (broad SMARTS) is 1. The van der Waals surface area contributed by atoms with Crippen LogP contribution >= 0.6 is 11.8 Å². The summed E-state index contributed by atoms with van der Waals surface area (Å²) in [6.07, 6.45) is 1.55. The Morgan fingerprint density at radius 2 is 2.08 bits per heavy atom. The van der Waals surface area contributed by atoms with Crippen molar-refractivity contribution in [3.05, 3.63) is 43.0 Å². The van der Waals surface area contributed by atoms with Gasteiger partial charge in [0.15, 0.2) is 0 Å². The molecule has 8 heteroatoms. The number of thioether (sulfide) groups is 1. The van der Waals surface area contributed by atoms with E-state index in [1.54, 1.807) is 37.3 Å². The molecule has 1 unspecified atom stereocenters. The molecule has 0 radical (unpaired) electrons. The molecule has 3 N–H and O–H groups in total. The van der Waals surface area contributed by atoms with Gasteiger partial charge in [0.25, 0.3) is 5.91 Å². The molecule has 2 aliphatic rings. The molecule has 7 nitrogen and oxygen atoms in total. The summed E-state index contributed by atoms with van der Waals surface area (Å²) in [5, 5.41) is 9.11. The number of nitrogens with two attached hydrogens (primary N) is 1. The van der Waals surface area contributed by atoms with Gasteiger partial charge in [-0.05, 0) is 19.1 Å². The van der Waals surface area contributed by atoms with Gasteiger partial charge in [0.05, 0.1) is 11.3 Å². The summed E-state index contributed by atoms with van der Waals surface area (Å²) in [7, 11) is 0. The van der Waals surface area contributed by atoms with Gasteiger partial charge in [-0.25, -0.2) is 4.79 Å². The molecule has 0 saturated carbocycles. The normalized spacial score (nSPS) is 30.4. The van der Waals surface area contributed by atoms with Gasteiger partial charge in [0, 0.05) is 5.69 Å². The molecular weight excluding hydrogens is 342 g/mol. The number of para-hydroxylation sites is 1. The number of aliphatic carboxylic acids is 1. The third-order valence-electron chi connectivity index (χ3n) is 4.64. The summed E-state index contributed by atoms with van der Waals surface area (Å²) in [5.41, 5.74) is 6.10. The van der Waals surface area contributed by atoms with Gasteiger partial charge in [0.2, 0.25) is 5.91 Å². The van der Waals surface area contributed by atoms with Crippen LogP contribution in [-0.4, -0.2) is 56.5 Å². The van der Waals surface area contributed by atoms with Crippen LogP contribution in [0.2, 0.25) is 0 Å². The van der Waals surface area contributed by atoms with Gasteiger partial charge < -0.3 is 15.7 Å². The predicted molar refractivity (Wildman–Crippen MR) is 95.0 cm³/mol. The predicted octanol–water partition coefficient (Wildman–Crippen LogP) is 0.660. The van der Waals surface area contributed by atoms with Crippen molar-refractivity contribution in [3.8, 4) is 0 Å². The maximum Gasteiger partial charge on any atom is 0.328 e. The lowest BCUT2D eigenvalue weighted by molar-refractivity contribution is -0.159. The SMILES string of the molecule is C=C[C@@]1(C)S[C@H]2[C@H](N(C(=O)CN)c3ccccc3)C(=O)N2C1C(=O)O. The molecule has 0 spiro atoms. The fourth-order valence-electron chi connectivity index (χ4n) is 3.37. The second-order valence-corrected chi connectivity index (χ2v) is 7.73. The molecule has 2 amide bonds. The van der Waals surface area contributed by atoms with Crippen molar-refractivity contribution in [2.24, 2.45) is 5.73 Å². The number of nitrogens with zero attached hydrogens (tertiary/aromatic N) is 2. The van der Waals surface area contributed by atoms with Crippen molar-refractivity contribution in [2.75, 3.05) is 11.4 Å². The summed E-state index contributed by atoms with van der Waals surface area (Å²) in [5.74, 6) is -1.86. The Kier molecular flexibility index (Phi) is 4.34. The number of amides is 2. The van der Waals surface area contributed by atoms with E-state index in [1.807, 2.05) is 6.07 Å². The highest BCUT2D eigenvalue weighted by atomic mass is 32.2. The van der Waals surface area contributed by atoms with E-state index in [9.17, 15) is 19.5 Å². The molecule has 132 valence electrons. The highest BCUT2D eigenvalue weighted by Crippen LogP contribution is 2.53. The number of β-lactam (4-membered cyclic amide) rings is 1. The molecule has 0 aliphatic carbocycles. The summed E-state index contributed by atoms with van der Waals surface area (Å²) in [6, 6.07) is 7.02. The zero-order valence-corrected chi connectivity index (χ0v) is 14.5. The van der Waals surface area contributed by atoms with Gasteiger partial charge in [-0.2, -0.15) is 0 Å². The molecule has 25 heavy (non-hydrogen) atoms. The average molecular weight is 361 g/mol. The van der Waals surface area contributed by atoms with E-state index in [4.69, 9.17) is 5.73 Å². The van der Waals surface area contributed by atoms with Crippen molar-refractivity contribution < 1.29 is 19.5 Å². The van der Waals surface area contributed by atoms with Crippen molar-refractivity contribution in [1.82, 2.24) is 4.90 Å². The van der Waals surface area contributed by atoms with Gasteiger partial charge in [-0.1, -0.05) is 24.3 Å². The Morgan fingerprint density at radius 1 is 1.44 bits per heavy atom. The van der Waals surface area contributed by atoms with E-state index in [0.29, 0.717) is 5.69 Å². The average Bonchev–Trinajstić information content (AvgIpc) is 2.90. The van der Waals surface area contributed by atoms with Crippen LogP contribution in [0.1, 0.15) is 6.92 Å². The lowest BCUT2D eigenvalue weighted by atomic mass is 9.93. The molecule has 2 saturated heterocycles. The Labute approximate surface area is 149 Å². The number of fused-ring (bicyclic) bond motifs is 1. The summed E-state index contributed by atoms with van der Waals surface area (Å²) < 4.78 is -0.824. The van der Waals surface area contributed by atoms with Crippen molar-refractivity contribution in [2.45, 2.75) is 29.1 Å². The number of carbonyl (C=O) groups is 3. The fraction of sp³-hybridized carbons (Fsp3) is 0.353. The van der Waals surface area contributed by atoms with Gasteiger partial charge >= 0.3 is 5.97 Å². The lowest BCUT2D eigenvalue weighted by Crippen LogP contribution is -2.72. The first-order chi connectivity index (χ1) is 11.9. The standard InChI is InChI=1S/C17H19N3O4S/c1-3-17(2)13(16(23)24)20-14(22)12(15(20)25-17)19(11(21)9-18)10-7-5-4-6-8-10/h3-8,12-13,15H,1,9,18H2,2H3,(H,23,24)/t12-,13?,15+,17-/m1/s1. The number of carbonyl (C=O) groups excluding carboxylic acids is 2. The number of carboxylic acids is 1. The first kappa shape index (κ1) is 17.5. The Balaban J connectivity index is 1.99. The fourth-order valence-corrected chi connectivity index (χ4v) is 5.04. The minimum absolute atomic E-state index is 0.239. The van der Waals surface area contributed by atoms with E-state index < -0.39 is 28.2 Å². The van der Waals surface area contributed by atoms with E-state index in [-0.39, 0.29) is 18.4 Å². The van der Waals surface area contributed by atoms with Crippen molar-refractivity contribution >= 4 is 35.2 Å². The molecular formula is C17H19N3O4S.